The number of rotatable bonds is 8. The standard InChI is InChI=1S/C27H33FN4O/c1-30(2)16-17-32(27(33)26-14-13-22-9-4-6-12-25(22)29-26)19-21-8-7-15-31(18-21)20-23-10-3-5-11-24(23)28/h3-6,9-14,21H,7-8,15-20H2,1-2H3/t21-/m1/s1. The molecule has 0 spiro atoms. The average molecular weight is 449 g/mol. The maximum absolute atomic E-state index is 14.1. The molecule has 1 amide bonds. The van der Waals surface area contributed by atoms with Gasteiger partial charge in [-0.15, -0.1) is 0 Å². The molecule has 33 heavy (non-hydrogen) atoms. The summed E-state index contributed by atoms with van der Waals surface area (Å²) < 4.78 is 14.1. The summed E-state index contributed by atoms with van der Waals surface area (Å²) in [5.41, 5.74) is 2.06. The number of fused-ring (bicyclic) bond motifs is 1. The van der Waals surface area contributed by atoms with Crippen molar-refractivity contribution in [1.29, 1.82) is 0 Å². The highest BCUT2D eigenvalue weighted by atomic mass is 19.1. The number of hydrogen-bond donors (Lipinski definition) is 0. The molecule has 174 valence electrons. The second kappa shape index (κ2) is 10.9. The quantitative estimate of drug-likeness (QED) is 0.515. The molecule has 1 saturated heterocycles. The van der Waals surface area contributed by atoms with E-state index in [4.69, 9.17) is 0 Å². The fourth-order valence-electron chi connectivity index (χ4n) is 4.57. The molecule has 1 aliphatic heterocycles. The number of hydrogen-bond acceptors (Lipinski definition) is 4. The second-order valence-corrected chi connectivity index (χ2v) is 9.28. The topological polar surface area (TPSA) is 39.7 Å². The van der Waals surface area contributed by atoms with Crippen LogP contribution in [0.15, 0.2) is 60.7 Å². The van der Waals surface area contributed by atoms with Crippen molar-refractivity contribution in [2.45, 2.75) is 19.4 Å². The first-order chi connectivity index (χ1) is 16.0. The van der Waals surface area contributed by atoms with Gasteiger partial charge in [0.25, 0.3) is 5.91 Å². The van der Waals surface area contributed by atoms with Crippen LogP contribution in [0.4, 0.5) is 4.39 Å². The highest BCUT2D eigenvalue weighted by molar-refractivity contribution is 5.94. The van der Waals surface area contributed by atoms with Crippen LogP contribution in [0.2, 0.25) is 0 Å². The minimum absolute atomic E-state index is 0.0196. The molecule has 2 aromatic carbocycles. The molecule has 1 fully saturated rings. The van der Waals surface area contributed by atoms with Crippen LogP contribution < -0.4 is 0 Å². The summed E-state index contributed by atoms with van der Waals surface area (Å²) >= 11 is 0. The molecule has 4 rings (SSSR count). The Kier molecular flexibility index (Phi) is 7.68. The number of piperidine rings is 1. The van der Waals surface area contributed by atoms with Gasteiger partial charge in [-0.25, -0.2) is 9.37 Å². The smallest absolute Gasteiger partial charge is 0.272 e. The Balaban J connectivity index is 1.46. The number of carbonyl (C=O) groups is 1. The summed E-state index contributed by atoms with van der Waals surface area (Å²) in [6, 6.07) is 18.7. The van der Waals surface area contributed by atoms with Gasteiger partial charge in [-0.3, -0.25) is 9.69 Å². The van der Waals surface area contributed by atoms with Crippen LogP contribution in [0, 0.1) is 11.7 Å². The van der Waals surface area contributed by atoms with Crippen molar-refractivity contribution in [3.05, 3.63) is 77.7 Å². The fraction of sp³-hybridized carbons (Fsp3) is 0.407. The van der Waals surface area contributed by atoms with E-state index in [1.54, 1.807) is 6.07 Å². The SMILES string of the molecule is CN(C)CCN(C[C@@H]1CCCN(Cc2ccccc2F)C1)C(=O)c1ccc2ccccc2n1. The molecule has 1 aromatic heterocycles. The predicted octanol–water partition coefficient (Wildman–Crippen LogP) is 4.29. The molecule has 2 heterocycles. The van der Waals surface area contributed by atoms with Crippen LogP contribution in [-0.4, -0.2) is 72.4 Å². The lowest BCUT2D eigenvalue weighted by Crippen LogP contribution is -2.44. The maximum Gasteiger partial charge on any atom is 0.272 e. The van der Waals surface area contributed by atoms with Crippen LogP contribution in [0.25, 0.3) is 10.9 Å². The van der Waals surface area contributed by atoms with Crippen molar-refractivity contribution in [3.63, 3.8) is 0 Å². The van der Waals surface area contributed by atoms with Crippen molar-refractivity contribution in [2.24, 2.45) is 5.92 Å². The van der Waals surface area contributed by atoms with Gasteiger partial charge in [0.1, 0.15) is 11.5 Å². The zero-order valence-electron chi connectivity index (χ0n) is 19.6. The molecule has 5 nitrogen and oxygen atoms in total. The molecule has 1 atom stereocenters. The van der Waals surface area contributed by atoms with Crippen molar-refractivity contribution in [2.75, 3.05) is 46.8 Å². The van der Waals surface area contributed by atoms with Gasteiger partial charge in [0, 0.05) is 43.7 Å². The fourth-order valence-corrected chi connectivity index (χ4v) is 4.57. The maximum atomic E-state index is 14.1. The summed E-state index contributed by atoms with van der Waals surface area (Å²) in [6.45, 7) is 4.58. The number of nitrogens with zero attached hydrogens (tertiary/aromatic N) is 4. The highest BCUT2D eigenvalue weighted by Gasteiger charge is 2.26. The first kappa shape index (κ1) is 23.3. The van der Waals surface area contributed by atoms with Gasteiger partial charge in [0.05, 0.1) is 5.52 Å². The number of amides is 1. The first-order valence-corrected chi connectivity index (χ1v) is 11.7. The van der Waals surface area contributed by atoms with Gasteiger partial charge in [0.2, 0.25) is 0 Å². The molecule has 6 heteroatoms. The summed E-state index contributed by atoms with van der Waals surface area (Å²) in [5.74, 6) is 0.190. The van der Waals surface area contributed by atoms with Gasteiger partial charge < -0.3 is 9.80 Å². The number of aromatic nitrogens is 1. The van der Waals surface area contributed by atoms with Crippen LogP contribution in [-0.2, 0) is 6.54 Å². The van der Waals surface area contributed by atoms with E-state index in [9.17, 15) is 9.18 Å². The van der Waals surface area contributed by atoms with Gasteiger partial charge in [-0.05, 0) is 57.6 Å². The van der Waals surface area contributed by atoms with Gasteiger partial charge >= 0.3 is 0 Å². The molecule has 0 radical (unpaired) electrons. The van der Waals surface area contributed by atoms with E-state index < -0.39 is 0 Å². The molecule has 3 aromatic rings. The third-order valence-corrected chi connectivity index (χ3v) is 6.36. The minimum Gasteiger partial charge on any atom is -0.336 e. The largest absolute Gasteiger partial charge is 0.336 e. The summed E-state index contributed by atoms with van der Waals surface area (Å²) in [6.07, 6.45) is 2.13. The summed E-state index contributed by atoms with van der Waals surface area (Å²) in [5, 5.41) is 1.03. The molecule has 0 N–H and O–H groups in total. The predicted molar refractivity (Wildman–Crippen MR) is 131 cm³/mol. The number of likely N-dealkylation sites (tertiary alicyclic amines) is 1. The second-order valence-electron chi connectivity index (χ2n) is 9.28. The Morgan fingerprint density at radius 1 is 1.06 bits per heavy atom. The Morgan fingerprint density at radius 3 is 2.67 bits per heavy atom. The van der Waals surface area contributed by atoms with E-state index in [0.717, 1.165) is 48.9 Å². The Morgan fingerprint density at radius 2 is 1.85 bits per heavy atom. The van der Waals surface area contributed by atoms with Crippen molar-refractivity contribution in [3.8, 4) is 0 Å². The van der Waals surface area contributed by atoms with Gasteiger partial charge in [0.15, 0.2) is 0 Å². The Hall–Kier alpha value is -2.83. The van der Waals surface area contributed by atoms with Crippen LogP contribution in [0.3, 0.4) is 0 Å². The van der Waals surface area contributed by atoms with Gasteiger partial charge in [-0.2, -0.15) is 0 Å². The van der Waals surface area contributed by atoms with E-state index in [-0.39, 0.29) is 11.7 Å². The molecular weight excluding hydrogens is 415 g/mol. The van der Waals surface area contributed by atoms with E-state index in [1.165, 1.54) is 6.07 Å². The molecule has 1 aliphatic rings. The number of benzene rings is 2. The number of likely N-dealkylation sites (N-methyl/N-ethyl adjacent to an activating group) is 1. The number of pyridine rings is 1. The third-order valence-electron chi connectivity index (χ3n) is 6.36. The highest BCUT2D eigenvalue weighted by Crippen LogP contribution is 2.22. The molecule has 0 bridgehead atoms. The lowest BCUT2D eigenvalue weighted by Gasteiger charge is -2.36. The van der Waals surface area contributed by atoms with E-state index in [2.05, 4.69) is 14.8 Å². The van der Waals surface area contributed by atoms with E-state index >= 15 is 0 Å². The number of carbonyl (C=O) groups excluding carboxylic acids is 1. The van der Waals surface area contributed by atoms with Crippen molar-refractivity contribution < 1.29 is 9.18 Å². The van der Waals surface area contributed by atoms with Crippen molar-refractivity contribution >= 4 is 16.8 Å². The number of halogens is 1. The van der Waals surface area contributed by atoms with E-state index in [1.807, 2.05) is 67.5 Å². The summed E-state index contributed by atoms with van der Waals surface area (Å²) in [7, 11) is 4.04. The zero-order valence-corrected chi connectivity index (χ0v) is 19.6. The van der Waals surface area contributed by atoms with E-state index in [0.29, 0.717) is 31.2 Å². The zero-order chi connectivity index (χ0) is 23.2. The lowest BCUT2D eigenvalue weighted by molar-refractivity contribution is 0.0655. The van der Waals surface area contributed by atoms with Crippen molar-refractivity contribution in [1.82, 2.24) is 19.7 Å². The molecule has 0 saturated carbocycles. The van der Waals surface area contributed by atoms with Crippen LogP contribution in [0.1, 0.15) is 28.9 Å². The van der Waals surface area contributed by atoms with Crippen LogP contribution in [0.5, 0.6) is 0 Å². The Labute approximate surface area is 195 Å². The molecule has 0 aliphatic carbocycles. The first-order valence-electron chi connectivity index (χ1n) is 11.7. The summed E-state index contributed by atoms with van der Waals surface area (Å²) in [4.78, 5) is 24.5. The Bertz CT molecular complexity index is 1090. The number of para-hydroxylation sites is 1. The monoisotopic (exact) mass is 448 g/mol. The van der Waals surface area contributed by atoms with Crippen LogP contribution >= 0.6 is 0 Å². The average Bonchev–Trinajstić information content (AvgIpc) is 2.82. The lowest BCUT2D eigenvalue weighted by atomic mass is 9.96. The minimum atomic E-state index is -0.148. The normalized spacial score (nSPS) is 16.9. The molecule has 0 unspecified atom stereocenters. The third kappa shape index (κ3) is 6.15. The molecular formula is C27H33FN4O. The van der Waals surface area contributed by atoms with Gasteiger partial charge in [-0.1, -0.05) is 42.5 Å².